The normalized spacial score (nSPS) is 9.33. The first-order valence-electron chi connectivity index (χ1n) is 4.35. The van der Waals surface area contributed by atoms with Crippen molar-refractivity contribution in [3.63, 3.8) is 0 Å². The Hall–Kier alpha value is -1.43. The molecule has 0 aliphatic heterocycles. The summed E-state index contributed by atoms with van der Waals surface area (Å²) in [5, 5.41) is 18.5. The highest BCUT2D eigenvalue weighted by molar-refractivity contribution is 5.75. The number of phenolic OH excluding ortho intramolecular Hbond substituents is 2. The first kappa shape index (κ1) is 11.6. The highest BCUT2D eigenvalue weighted by atomic mass is 27.0. The zero-order valence-electron chi connectivity index (χ0n) is 7.51. The zero-order chi connectivity index (χ0) is 9.97. The van der Waals surface area contributed by atoms with Crippen molar-refractivity contribution >= 4 is 17.4 Å². The molecule has 2 aromatic rings. The van der Waals surface area contributed by atoms with Crippen LogP contribution in [0.2, 0.25) is 0 Å². The van der Waals surface area contributed by atoms with Crippen LogP contribution < -0.4 is 0 Å². The third kappa shape index (κ3) is 2.53. The van der Waals surface area contributed by atoms with Gasteiger partial charge in [0.1, 0.15) is 0 Å². The average Bonchev–Trinajstić information content (AvgIpc) is 2.23. The van der Waals surface area contributed by atoms with E-state index in [1.165, 1.54) is 6.07 Å². The summed E-state index contributed by atoms with van der Waals surface area (Å²) in [4.78, 5) is 0. The summed E-state index contributed by atoms with van der Waals surface area (Å²) in [5.41, 5.74) is 1.91. The fourth-order valence-electron chi connectivity index (χ4n) is 1.33. The van der Waals surface area contributed by atoms with Crippen LogP contribution in [-0.2, 0) is 0 Å². The largest absolute Gasteiger partial charge is 0.504 e. The molecule has 0 saturated carbocycles. The fourth-order valence-corrected chi connectivity index (χ4v) is 1.33. The molecule has 0 heterocycles. The highest BCUT2D eigenvalue weighted by Gasteiger charge is 2.01. The highest BCUT2D eigenvalue weighted by Crippen LogP contribution is 2.30. The molecule has 0 radical (unpaired) electrons. The smallest absolute Gasteiger partial charge is 0.187 e. The number of benzene rings is 2. The molecule has 3 heteroatoms. The minimum absolute atomic E-state index is 0. The predicted octanol–water partition coefficient (Wildman–Crippen LogP) is 1.58. The van der Waals surface area contributed by atoms with Gasteiger partial charge in [0.2, 0.25) is 0 Å². The van der Waals surface area contributed by atoms with Gasteiger partial charge in [0, 0.05) is 0 Å². The second-order valence-corrected chi connectivity index (χ2v) is 3.07. The van der Waals surface area contributed by atoms with Gasteiger partial charge in [-0.25, -0.2) is 0 Å². The average molecular weight is 216 g/mol. The molecule has 0 bridgehead atoms. The van der Waals surface area contributed by atoms with E-state index in [-0.39, 0.29) is 28.9 Å². The maximum absolute atomic E-state index is 9.31. The Bertz CT molecular complexity index is 441. The summed E-state index contributed by atoms with van der Waals surface area (Å²) in [7, 11) is 0. The number of hydrogen-bond donors (Lipinski definition) is 2. The van der Waals surface area contributed by atoms with E-state index in [0.717, 1.165) is 11.1 Å². The zero-order valence-corrected chi connectivity index (χ0v) is 7.51. The molecular formula is C12H13AlO2. The van der Waals surface area contributed by atoms with Crippen LogP contribution in [0.4, 0.5) is 0 Å². The molecule has 0 atom stereocenters. The molecule has 0 aromatic heterocycles. The molecule has 2 aromatic carbocycles. The Balaban J connectivity index is 0.00000112. The number of rotatable bonds is 1. The molecule has 0 fully saturated rings. The summed E-state index contributed by atoms with van der Waals surface area (Å²) in [6.45, 7) is 0. The quantitative estimate of drug-likeness (QED) is 0.561. The van der Waals surface area contributed by atoms with E-state index in [1.807, 2.05) is 30.3 Å². The number of hydrogen-bond acceptors (Lipinski definition) is 2. The molecular weight excluding hydrogens is 203 g/mol. The summed E-state index contributed by atoms with van der Waals surface area (Å²) < 4.78 is 0. The molecule has 0 spiro atoms. The molecule has 0 amide bonds. The van der Waals surface area contributed by atoms with Crippen LogP contribution in [0.15, 0.2) is 48.5 Å². The third-order valence-corrected chi connectivity index (χ3v) is 2.08. The van der Waals surface area contributed by atoms with Crippen molar-refractivity contribution in [2.24, 2.45) is 0 Å². The SMILES string of the molecule is Oc1ccc(-c2ccccc2)cc1O.[AlH3]. The summed E-state index contributed by atoms with van der Waals surface area (Å²) in [5.74, 6) is -0.184. The molecule has 15 heavy (non-hydrogen) atoms. The van der Waals surface area contributed by atoms with E-state index in [9.17, 15) is 5.11 Å². The van der Waals surface area contributed by atoms with Gasteiger partial charge in [0.25, 0.3) is 0 Å². The minimum atomic E-state index is -0.0929. The Morgan fingerprint density at radius 3 is 1.93 bits per heavy atom. The summed E-state index contributed by atoms with van der Waals surface area (Å²) in [6, 6.07) is 14.5. The lowest BCUT2D eigenvalue weighted by atomic mass is 10.1. The van der Waals surface area contributed by atoms with Gasteiger partial charge in [-0.2, -0.15) is 0 Å². The minimum Gasteiger partial charge on any atom is -0.504 e. The second-order valence-electron chi connectivity index (χ2n) is 3.07. The third-order valence-electron chi connectivity index (χ3n) is 2.08. The second kappa shape index (κ2) is 4.88. The van der Waals surface area contributed by atoms with Crippen LogP contribution in [-0.4, -0.2) is 27.6 Å². The number of phenols is 2. The van der Waals surface area contributed by atoms with Gasteiger partial charge < -0.3 is 10.2 Å². The van der Waals surface area contributed by atoms with E-state index in [2.05, 4.69) is 0 Å². The molecule has 0 aliphatic rings. The lowest BCUT2D eigenvalue weighted by Gasteiger charge is -2.02. The summed E-state index contributed by atoms with van der Waals surface area (Å²) in [6.07, 6.45) is 0. The monoisotopic (exact) mass is 216 g/mol. The van der Waals surface area contributed by atoms with E-state index in [0.29, 0.717) is 0 Å². The van der Waals surface area contributed by atoms with Crippen molar-refractivity contribution in [2.45, 2.75) is 0 Å². The standard InChI is InChI=1S/C12H10O2.Al.3H/c13-11-7-6-10(8-12(11)14)9-4-2-1-3-5-9;;;;/h1-8,13-14H;;;;. The molecule has 0 aliphatic carbocycles. The topological polar surface area (TPSA) is 40.5 Å². The van der Waals surface area contributed by atoms with Crippen molar-refractivity contribution in [1.82, 2.24) is 0 Å². The van der Waals surface area contributed by atoms with Crippen LogP contribution in [0.25, 0.3) is 11.1 Å². The predicted molar refractivity (Wildman–Crippen MR) is 65.1 cm³/mol. The van der Waals surface area contributed by atoms with Crippen molar-refractivity contribution in [2.75, 3.05) is 0 Å². The van der Waals surface area contributed by atoms with Crippen LogP contribution in [0, 0.1) is 0 Å². The first-order valence-corrected chi connectivity index (χ1v) is 4.35. The van der Waals surface area contributed by atoms with Crippen LogP contribution in [0.1, 0.15) is 0 Å². The van der Waals surface area contributed by atoms with Crippen molar-refractivity contribution in [3.05, 3.63) is 48.5 Å². The Morgan fingerprint density at radius 2 is 1.33 bits per heavy atom. The summed E-state index contributed by atoms with van der Waals surface area (Å²) >= 11 is 0. The van der Waals surface area contributed by atoms with Crippen molar-refractivity contribution < 1.29 is 10.2 Å². The molecule has 2 N–H and O–H groups in total. The van der Waals surface area contributed by atoms with Crippen LogP contribution in [0.3, 0.4) is 0 Å². The molecule has 2 rings (SSSR count). The number of aromatic hydroxyl groups is 2. The van der Waals surface area contributed by atoms with Gasteiger partial charge in [-0.1, -0.05) is 36.4 Å². The van der Waals surface area contributed by atoms with Gasteiger partial charge in [-0.3, -0.25) is 0 Å². The van der Waals surface area contributed by atoms with E-state index in [1.54, 1.807) is 12.1 Å². The molecule has 0 saturated heterocycles. The Kier molecular flexibility index (Phi) is 3.79. The van der Waals surface area contributed by atoms with Gasteiger partial charge in [0.15, 0.2) is 28.9 Å². The maximum atomic E-state index is 9.31. The van der Waals surface area contributed by atoms with Gasteiger partial charge in [0.05, 0.1) is 0 Å². The molecule has 0 unspecified atom stereocenters. The maximum Gasteiger partial charge on any atom is 0.187 e. The lowest BCUT2D eigenvalue weighted by molar-refractivity contribution is 0.404. The Labute approximate surface area is 99.0 Å². The van der Waals surface area contributed by atoms with E-state index >= 15 is 0 Å². The van der Waals surface area contributed by atoms with Gasteiger partial charge in [-0.15, -0.1) is 0 Å². The fraction of sp³-hybridized carbons (Fsp3) is 0. The van der Waals surface area contributed by atoms with Gasteiger partial charge >= 0.3 is 0 Å². The van der Waals surface area contributed by atoms with Crippen molar-refractivity contribution in [3.8, 4) is 22.6 Å². The van der Waals surface area contributed by atoms with Crippen LogP contribution >= 0.6 is 0 Å². The molecule has 76 valence electrons. The van der Waals surface area contributed by atoms with Gasteiger partial charge in [-0.05, 0) is 23.3 Å². The van der Waals surface area contributed by atoms with E-state index < -0.39 is 0 Å². The Morgan fingerprint density at radius 1 is 0.667 bits per heavy atom. The van der Waals surface area contributed by atoms with Crippen molar-refractivity contribution in [1.29, 1.82) is 0 Å². The lowest BCUT2D eigenvalue weighted by Crippen LogP contribution is -1.76. The van der Waals surface area contributed by atoms with E-state index in [4.69, 9.17) is 5.11 Å². The molecule has 2 nitrogen and oxygen atoms in total. The first-order chi connectivity index (χ1) is 6.77. The van der Waals surface area contributed by atoms with Crippen LogP contribution in [0.5, 0.6) is 11.5 Å².